The van der Waals surface area contributed by atoms with Gasteiger partial charge in [-0.3, -0.25) is 4.98 Å². The average Bonchev–Trinajstić information content (AvgIpc) is 3.50. The van der Waals surface area contributed by atoms with Crippen LogP contribution in [0.5, 0.6) is 0 Å². The van der Waals surface area contributed by atoms with Crippen LogP contribution in [0.1, 0.15) is 50.3 Å². The van der Waals surface area contributed by atoms with E-state index in [0.717, 1.165) is 30.1 Å². The van der Waals surface area contributed by atoms with Crippen LogP contribution in [0.25, 0.3) is 0 Å². The van der Waals surface area contributed by atoms with Crippen LogP contribution in [0.15, 0.2) is 42.7 Å². The van der Waals surface area contributed by atoms with Gasteiger partial charge in [0.15, 0.2) is 8.32 Å². The molecule has 3 atom stereocenters. The second-order valence-corrected chi connectivity index (χ2v) is 13.2. The minimum atomic E-state index is -1.82. The summed E-state index contributed by atoms with van der Waals surface area (Å²) < 4.78 is 6.83. The summed E-state index contributed by atoms with van der Waals surface area (Å²) >= 11 is 13.0. The Hall–Kier alpha value is -0.913. The Morgan fingerprint density at radius 1 is 1.07 bits per heavy atom. The van der Waals surface area contributed by atoms with Crippen molar-refractivity contribution in [1.82, 2.24) is 10.3 Å². The van der Waals surface area contributed by atoms with Gasteiger partial charge in [-0.1, -0.05) is 74.3 Å². The second kappa shape index (κ2) is 9.73. The second-order valence-electron chi connectivity index (χ2n) is 7.63. The van der Waals surface area contributed by atoms with Crippen LogP contribution < -0.4 is 5.32 Å². The van der Waals surface area contributed by atoms with Gasteiger partial charge in [0.25, 0.3) is 0 Å². The molecule has 3 rings (SSSR count). The maximum Gasteiger partial charge on any atom is 0.192 e. The Morgan fingerprint density at radius 3 is 2.25 bits per heavy atom. The van der Waals surface area contributed by atoms with Crippen molar-refractivity contribution in [2.75, 3.05) is 6.54 Å². The molecule has 0 saturated heterocycles. The Morgan fingerprint density at radius 2 is 1.68 bits per heavy atom. The summed E-state index contributed by atoms with van der Waals surface area (Å²) in [5.41, 5.74) is 2.27. The fraction of sp³-hybridized carbons (Fsp3) is 0.500. The number of hydrogen-bond donors (Lipinski definition) is 1. The van der Waals surface area contributed by atoms with E-state index in [1.807, 2.05) is 0 Å². The first-order valence-electron chi connectivity index (χ1n) is 10.3. The summed E-state index contributed by atoms with van der Waals surface area (Å²) in [6, 6.07) is 14.4. The van der Waals surface area contributed by atoms with Crippen LogP contribution in [0, 0.1) is 0 Å². The minimum Gasteiger partial charge on any atom is -0.409 e. The number of nitrogens with zero attached hydrogens (tertiary/aromatic N) is 1. The maximum absolute atomic E-state index is 6.83. The van der Waals surface area contributed by atoms with Gasteiger partial charge in [-0.25, -0.2) is 0 Å². The largest absolute Gasteiger partial charge is 0.409 e. The summed E-state index contributed by atoms with van der Waals surface area (Å²) in [7, 11) is -1.82. The van der Waals surface area contributed by atoms with Crippen molar-refractivity contribution < 1.29 is 4.43 Å². The predicted molar refractivity (Wildman–Crippen MR) is 121 cm³/mol. The topological polar surface area (TPSA) is 34.1 Å². The number of aromatic nitrogens is 1. The first kappa shape index (κ1) is 21.8. The Balaban J connectivity index is 1.75. The van der Waals surface area contributed by atoms with Crippen molar-refractivity contribution in [3.63, 3.8) is 0 Å². The first-order chi connectivity index (χ1) is 13.5. The van der Waals surface area contributed by atoms with E-state index in [-0.39, 0.29) is 6.10 Å². The van der Waals surface area contributed by atoms with Crippen LogP contribution in [-0.4, -0.2) is 25.9 Å². The number of pyridine rings is 1. The highest BCUT2D eigenvalue weighted by Crippen LogP contribution is 2.42. The molecule has 28 heavy (non-hydrogen) atoms. The predicted octanol–water partition coefficient (Wildman–Crippen LogP) is 6.60. The summed E-state index contributed by atoms with van der Waals surface area (Å²) in [4.78, 5) is 4.11. The van der Waals surface area contributed by atoms with Gasteiger partial charge in [-0.2, -0.15) is 0 Å². The monoisotopic (exact) mass is 436 g/mol. The Bertz CT molecular complexity index is 742. The molecule has 0 bridgehead atoms. The number of hydrogen-bond acceptors (Lipinski definition) is 3. The minimum absolute atomic E-state index is 0.147. The van der Waals surface area contributed by atoms with Crippen molar-refractivity contribution >= 4 is 31.5 Å². The standard InChI is InChI=1S/C22H30Cl2N2OSi/c1-4-28(5-2,6-3)27-21(22-18(23)13-25-14-19(22)24)15-26-20-12-17(20)16-10-8-7-9-11-16/h7-11,13-14,17,20-21,26H,4-6,12,15H2,1-3H3. The number of rotatable bonds is 10. The highest BCUT2D eigenvalue weighted by Gasteiger charge is 2.39. The van der Waals surface area contributed by atoms with Crippen molar-refractivity contribution in [3.05, 3.63) is 63.9 Å². The van der Waals surface area contributed by atoms with Crippen molar-refractivity contribution in [1.29, 1.82) is 0 Å². The van der Waals surface area contributed by atoms with Gasteiger partial charge in [-0.05, 0) is 30.1 Å². The van der Waals surface area contributed by atoms with E-state index in [9.17, 15) is 0 Å². The van der Waals surface area contributed by atoms with Gasteiger partial charge >= 0.3 is 0 Å². The zero-order valence-electron chi connectivity index (χ0n) is 16.9. The first-order valence-corrected chi connectivity index (χ1v) is 13.6. The lowest BCUT2D eigenvalue weighted by Crippen LogP contribution is -2.40. The van der Waals surface area contributed by atoms with E-state index in [4.69, 9.17) is 27.6 Å². The number of halogens is 2. The molecular weight excluding hydrogens is 407 g/mol. The van der Waals surface area contributed by atoms with E-state index in [0.29, 0.717) is 28.5 Å². The van der Waals surface area contributed by atoms with E-state index in [1.54, 1.807) is 12.4 Å². The molecule has 3 nitrogen and oxygen atoms in total. The highest BCUT2D eigenvalue weighted by molar-refractivity contribution is 6.73. The van der Waals surface area contributed by atoms with Gasteiger partial charge in [0.05, 0.1) is 16.1 Å². The molecule has 152 valence electrons. The number of nitrogens with one attached hydrogen (secondary N) is 1. The van der Waals surface area contributed by atoms with Crippen LogP contribution in [0.2, 0.25) is 28.2 Å². The third kappa shape index (κ3) is 4.98. The smallest absolute Gasteiger partial charge is 0.192 e. The average molecular weight is 437 g/mol. The quantitative estimate of drug-likeness (QED) is 0.426. The molecule has 0 amide bonds. The molecule has 2 aromatic rings. The Labute approximate surface area is 179 Å². The van der Waals surface area contributed by atoms with Crippen LogP contribution in [-0.2, 0) is 4.43 Å². The molecule has 1 aliphatic carbocycles. The molecule has 1 saturated carbocycles. The summed E-state index contributed by atoms with van der Waals surface area (Å²) in [6.07, 6.45) is 4.34. The van der Waals surface area contributed by atoms with Gasteiger partial charge in [0, 0.05) is 36.5 Å². The zero-order chi connectivity index (χ0) is 20.1. The van der Waals surface area contributed by atoms with Gasteiger partial charge in [-0.15, -0.1) is 0 Å². The molecular formula is C22H30Cl2N2OSi. The molecule has 1 N–H and O–H groups in total. The lowest BCUT2D eigenvalue weighted by atomic mass is 10.1. The van der Waals surface area contributed by atoms with Crippen molar-refractivity contribution in [3.8, 4) is 0 Å². The lowest BCUT2D eigenvalue weighted by molar-refractivity contribution is 0.185. The molecule has 1 fully saturated rings. The number of benzene rings is 1. The van der Waals surface area contributed by atoms with Gasteiger partial charge in [0.1, 0.15) is 0 Å². The third-order valence-electron chi connectivity index (χ3n) is 6.12. The van der Waals surface area contributed by atoms with E-state index in [2.05, 4.69) is 61.4 Å². The maximum atomic E-state index is 6.83. The van der Waals surface area contributed by atoms with Crippen molar-refractivity contribution in [2.45, 2.75) is 63.4 Å². The molecule has 0 aliphatic heterocycles. The molecule has 0 spiro atoms. The molecule has 1 heterocycles. The zero-order valence-corrected chi connectivity index (χ0v) is 19.4. The molecule has 1 aliphatic rings. The van der Waals surface area contributed by atoms with Gasteiger partial charge in [0.2, 0.25) is 0 Å². The van der Waals surface area contributed by atoms with Crippen LogP contribution in [0.4, 0.5) is 0 Å². The molecule has 3 unspecified atom stereocenters. The van der Waals surface area contributed by atoms with Gasteiger partial charge < -0.3 is 9.74 Å². The highest BCUT2D eigenvalue weighted by atomic mass is 35.5. The van der Waals surface area contributed by atoms with Crippen LogP contribution in [0.3, 0.4) is 0 Å². The van der Waals surface area contributed by atoms with Crippen LogP contribution >= 0.6 is 23.2 Å². The fourth-order valence-corrected chi connectivity index (χ4v) is 7.39. The van der Waals surface area contributed by atoms with E-state index in [1.165, 1.54) is 5.56 Å². The molecule has 0 radical (unpaired) electrons. The fourth-order valence-electron chi connectivity index (χ4n) is 3.98. The summed E-state index contributed by atoms with van der Waals surface area (Å²) in [5, 5.41) is 4.88. The Kier molecular flexibility index (Phi) is 7.57. The van der Waals surface area contributed by atoms with E-state index >= 15 is 0 Å². The lowest BCUT2D eigenvalue weighted by Gasteiger charge is -2.34. The van der Waals surface area contributed by atoms with E-state index < -0.39 is 8.32 Å². The normalized spacial score (nSPS) is 20.2. The summed E-state index contributed by atoms with van der Waals surface area (Å²) in [6.45, 7) is 7.44. The molecule has 1 aromatic heterocycles. The SMILES string of the molecule is CC[Si](CC)(CC)OC(CNC1CC1c1ccccc1)c1c(Cl)cncc1Cl. The van der Waals surface area contributed by atoms with Crippen molar-refractivity contribution in [2.24, 2.45) is 0 Å². The molecule has 6 heteroatoms. The third-order valence-corrected chi connectivity index (χ3v) is 11.4. The summed E-state index contributed by atoms with van der Waals surface area (Å²) in [5.74, 6) is 0.579. The molecule has 1 aromatic carbocycles.